The fourth-order valence-electron chi connectivity index (χ4n) is 3.51. The molecule has 0 unspecified atom stereocenters. The first-order chi connectivity index (χ1) is 15.8. The lowest BCUT2D eigenvalue weighted by Gasteiger charge is -2.14. The molecule has 2 aliphatic rings. The Labute approximate surface area is 199 Å². The van der Waals surface area contributed by atoms with Crippen molar-refractivity contribution in [1.82, 2.24) is 19.9 Å². The molecular weight excluding hydrogens is 471 g/mol. The number of anilines is 1. The van der Waals surface area contributed by atoms with E-state index in [4.69, 9.17) is 27.9 Å². The van der Waals surface area contributed by atoms with Gasteiger partial charge in [0.15, 0.2) is 17.4 Å². The van der Waals surface area contributed by atoms with Crippen LogP contribution >= 0.6 is 23.2 Å². The lowest BCUT2D eigenvalue weighted by Crippen LogP contribution is -2.09. The number of rotatable bonds is 8. The molecule has 2 heterocycles. The fraction of sp³-hybridized carbons (Fsp3) is 0.261. The van der Waals surface area contributed by atoms with E-state index in [1.807, 2.05) is 0 Å². The van der Waals surface area contributed by atoms with Crippen molar-refractivity contribution in [2.45, 2.75) is 33.2 Å². The Balaban J connectivity index is 1.57. The number of alkyl halides is 2. The van der Waals surface area contributed by atoms with Crippen LogP contribution in [0.25, 0.3) is 11.5 Å². The van der Waals surface area contributed by atoms with Gasteiger partial charge in [0.1, 0.15) is 24.5 Å². The molecule has 2 aliphatic heterocycles. The summed E-state index contributed by atoms with van der Waals surface area (Å²) in [4.78, 5) is 16.4. The molecule has 0 radical (unpaired) electrons. The average Bonchev–Trinajstić information content (AvgIpc) is 3.21. The second-order valence-electron chi connectivity index (χ2n) is 7.65. The Bertz CT molecular complexity index is 1220. The van der Waals surface area contributed by atoms with Crippen molar-refractivity contribution in [2.24, 2.45) is 0 Å². The van der Waals surface area contributed by atoms with Crippen LogP contribution in [0.3, 0.4) is 0 Å². The third kappa shape index (κ3) is 5.51. The number of halogens is 4. The number of aromatic nitrogens is 4. The van der Waals surface area contributed by atoms with E-state index in [2.05, 4.69) is 57.3 Å². The van der Waals surface area contributed by atoms with Crippen molar-refractivity contribution >= 4 is 29.0 Å². The Hall–Kier alpha value is -2.97. The molecule has 2 aromatic rings. The van der Waals surface area contributed by atoms with Gasteiger partial charge in [-0.2, -0.15) is 0 Å². The second-order valence-corrected chi connectivity index (χ2v) is 8.47. The number of benzene rings is 2. The smallest absolute Gasteiger partial charge is 0.272 e. The fourth-order valence-corrected chi connectivity index (χ4v) is 4.15. The van der Waals surface area contributed by atoms with Gasteiger partial charge in [-0.25, -0.2) is 23.7 Å². The second kappa shape index (κ2) is 9.89. The Morgan fingerprint density at radius 1 is 1.09 bits per heavy atom. The topological polar surface area (TPSA) is 75.7 Å². The third-order valence-electron chi connectivity index (χ3n) is 5.06. The van der Waals surface area contributed by atoms with E-state index in [-0.39, 0.29) is 15.8 Å². The minimum absolute atomic E-state index is 0.0347. The van der Waals surface area contributed by atoms with Crippen LogP contribution in [0.15, 0.2) is 36.7 Å². The van der Waals surface area contributed by atoms with Gasteiger partial charge in [-0.3, -0.25) is 0 Å². The number of aryl methyl sites for hydroxylation is 2. The molecule has 6 nitrogen and oxygen atoms in total. The first-order valence-electron chi connectivity index (χ1n) is 10.2. The lowest BCUT2D eigenvalue weighted by atomic mass is 10.1. The molecule has 0 fully saturated rings. The molecule has 0 spiro atoms. The quantitative estimate of drug-likeness (QED) is 0.312. The molecule has 0 saturated carbocycles. The summed E-state index contributed by atoms with van der Waals surface area (Å²) in [6, 6.07) is 9.53. The molecular formula is C23H21Cl2F2N5O. The number of hydrogen-bond acceptors (Lipinski definition) is 5. The summed E-state index contributed by atoms with van der Waals surface area (Å²) in [6.07, 6.45) is -0.796. The summed E-state index contributed by atoms with van der Waals surface area (Å²) < 4.78 is 29.9. The maximum atomic E-state index is 12.5. The Morgan fingerprint density at radius 3 is 2.55 bits per heavy atom. The zero-order valence-electron chi connectivity index (χ0n) is 17.9. The molecule has 10 heteroatoms. The monoisotopic (exact) mass is 491 g/mol. The van der Waals surface area contributed by atoms with Crippen molar-refractivity contribution in [2.75, 3.05) is 11.9 Å². The number of imidazole rings is 1. The predicted molar refractivity (Wildman–Crippen MR) is 125 cm³/mol. The van der Waals surface area contributed by atoms with Crippen LogP contribution in [0.4, 0.5) is 14.6 Å². The van der Waals surface area contributed by atoms with Crippen molar-refractivity contribution in [1.29, 1.82) is 0 Å². The Kier molecular flexibility index (Phi) is 6.95. The highest BCUT2D eigenvalue weighted by molar-refractivity contribution is 6.37. The van der Waals surface area contributed by atoms with Crippen LogP contribution in [0, 0.1) is 13.8 Å². The van der Waals surface area contributed by atoms with Crippen LogP contribution in [0.5, 0.6) is 5.75 Å². The number of nitrogens with zero attached hydrogens (tertiary/aromatic N) is 3. The number of ether oxygens (including phenoxy) is 1. The van der Waals surface area contributed by atoms with Crippen molar-refractivity contribution in [3.05, 3.63) is 74.8 Å². The first kappa shape index (κ1) is 23.2. The Morgan fingerprint density at radius 2 is 1.85 bits per heavy atom. The average molecular weight is 492 g/mol. The lowest BCUT2D eigenvalue weighted by molar-refractivity contribution is 0.0820. The van der Waals surface area contributed by atoms with Crippen molar-refractivity contribution < 1.29 is 13.5 Å². The van der Waals surface area contributed by atoms with Gasteiger partial charge in [-0.05, 0) is 42.7 Å². The highest BCUT2D eigenvalue weighted by Gasteiger charge is 2.18. The van der Waals surface area contributed by atoms with Gasteiger partial charge >= 0.3 is 0 Å². The standard InChI is InChI=1S/C23H21Cl2F2N5O/c1-12-3-4-15(13(2)5-12)9-28-22-20-23(30-11-29-20)32-19(31-22)8-14-6-16(24)21(17(25)7-14)33-10-18(26)27/h3-7,11,18H,8-10H2,1-2H3,(H2,28,29,30,31,32). The van der Waals surface area contributed by atoms with Crippen molar-refractivity contribution in [3.8, 4) is 17.3 Å². The van der Waals surface area contributed by atoms with E-state index in [9.17, 15) is 8.78 Å². The number of fused-ring (bicyclic) bond motifs is 1. The van der Waals surface area contributed by atoms with Gasteiger partial charge in [-0.1, -0.05) is 47.0 Å². The van der Waals surface area contributed by atoms with E-state index in [1.165, 1.54) is 17.5 Å². The zero-order chi connectivity index (χ0) is 23.5. The van der Waals surface area contributed by atoms with Gasteiger partial charge in [0, 0.05) is 13.0 Å². The van der Waals surface area contributed by atoms with Gasteiger partial charge in [0.05, 0.1) is 10.0 Å². The summed E-state index contributed by atoms with van der Waals surface area (Å²) in [5, 5.41) is 3.67. The minimum Gasteiger partial charge on any atom is -0.485 e. The molecule has 2 aromatic carbocycles. The molecule has 2 N–H and O–H groups in total. The zero-order valence-corrected chi connectivity index (χ0v) is 19.4. The normalized spacial score (nSPS) is 11.4. The van der Waals surface area contributed by atoms with E-state index < -0.39 is 13.0 Å². The highest BCUT2D eigenvalue weighted by Crippen LogP contribution is 2.35. The summed E-state index contributed by atoms with van der Waals surface area (Å²) in [7, 11) is 0. The van der Waals surface area contributed by atoms with E-state index in [0.717, 1.165) is 11.1 Å². The molecule has 0 bridgehead atoms. The third-order valence-corrected chi connectivity index (χ3v) is 5.62. The maximum absolute atomic E-state index is 12.5. The molecule has 4 rings (SSSR count). The highest BCUT2D eigenvalue weighted by atomic mass is 35.5. The number of aromatic amines is 1. The van der Waals surface area contributed by atoms with Crippen LogP contribution in [0.2, 0.25) is 10.0 Å². The molecule has 33 heavy (non-hydrogen) atoms. The number of hydrogen-bond donors (Lipinski definition) is 2. The van der Waals surface area contributed by atoms with Crippen LogP contribution in [-0.2, 0) is 13.0 Å². The first-order valence-corrected chi connectivity index (χ1v) is 10.9. The number of nitrogens with one attached hydrogen (secondary N) is 2. The van der Waals surface area contributed by atoms with Crippen LogP contribution in [-0.4, -0.2) is 33.0 Å². The molecule has 0 aliphatic carbocycles. The van der Waals surface area contributed by atoms with Gasteiger partial charge < -0.3 is 15.0 Å². The van der Waals surface area contributed by atoms with Crippen molar-refractivity contribution in [3.63, 3.8) is 0 Å². The molecule has 0 aromatic heterocycles. The summed E-state index contributed by atoms with van der Waals surface area (Å²) in [5.41, 5.74) is 4.92. The van der Waals surface area contributed by atoms with E-state index >= 15 is 0 Å². The van der Waals surface area contributed by atoms with Crippen LogP contribution < -0.4 is 10.1 Å². The summed E-state index contributed by atoms with van der Waals surface area (Å²) in [6.45, 7) is 3.93. The largest absolute Gasteiger partial charge is 0.485 e. The van der Waals surface area contributed by atoms with Crippen LogP contribution in [0.1, 0.15) is 28.1 Å². The van der Waals surface area contributed by atoms with E-state index in [1.54, 1.807) is 12.1 Å². The SMILES string of the molecule is Cc1ccc(CNc2nc(Cc3cc(Cl)c(OCC(F)F)c(Cl)c3)[nH]c3ncnc2-3)c(C)c1. The molecule has 172 valence electrons. The molecule has 0 saturated heterocycles. The van der Waals surface area contributed by atoms with Gasteiger partial charge in [0.2, 0.25) is 0 Å². The number of H-pyrrole nitrogens is 1. The molecule has 0 amide bonds. The summed E-state index contributed by atoms with van der Waals surface area (Å²) in [5.74, 6) is 1.84. The maximum Gasteiger partial charge on any atom is 0.272 e. The molecule has 0 atom stereocenters. The van der Waals surface area contributed by atoms with E-state index in [0.29, 0.717) is 36.1 Å². The minimum atomic E-state index is -2.62. The van der Waals surface area contributed by atoms with Gasteiger partial charge in [0.25, 0.3) is 6.43 Å². The predicted octanol–water partition coefficient (Wildman–Crippen LogP) is 6.07. The van der Waals surface area contributed by atoms with Gasteiger partial charge in [-0.15, -0.1) is 0 Å². The summed E-state index contributed by atoms with van der Waals surface area (Å²) >= 11 is 12.4.